The Hall–Kier alpha value is -1.32. The van der Waals surface area contributed by atoms with Crippen LogP contribution in [0.3, 0.4) is 0 Å². The Morgan fingerprint density at radius 1 is 1.00 bits per heavy atom. The van der Waals surface area contributed by atoms with Gasteiger partial charge in [0.2, 0.25) is 0 Å². The summed E-state index contributed by atoms with van der Waals surface area (Å²) in [7, 11) is 0. The molecule has 112 valence electrons. The zero-order valence-corrected chi connectivity index (χ0v) is 14.4. The molecule has 0 saturated heterocycles. The Morgan fingerprint density at radius 3 is 2.29 bits per heavy atom. The summed E-state index contributed by atoms with van der Waals surface area (Å²) in [5.41, 5.74) is 2.53. The third-order valence-electron chi connectivity index (χ3n) is 3.56. The molecule has 0 amide bonds. The third kappa shape index (κ3) is 4.32. The smallest absolute Gasteiger partial charge is 0.119 e. The summed E-state index contributed by atoms with van der Waals surface area (Å²) < 4.78 is 6.62. The molecule has 0 aromatic heterocycles. The summed E-state index contributed by atoms with van der Waals surface area (Å²) in [6.45, 7) is 7.07. The maximum absolute atomic E-state index is 5.48. The fourth-order valence-corrected chi connectivity index (χ4v) is 3.03. The molecule has 0 fully saturated rings. The lowest BCUT2D eigenvalue weighted by atomic mass is 10.0. The number of ether oxygens (including phenoxy) is 1. The lowest BCUT2D eigenvalue weighted by Gasteiger charge is -2.22. The molecule has 2 aromatic carbocycles. The van der Waals surface area contributed by atoms with E-state index in [0.717, 1.165) is 10.2 Å². The van der Waals surface area contributed by atoms with Crippen LogP contribution in [0, 0.1) is 0 Å². The Labute approximate surface area is 135 Å². The second-order valence-corrected chi connectivity index (χ2v) is 5.99. The molecule has 2 aromatic rings. The summed E-state index contributed by atoms with van der Waals surface area (Å²) in [6, 6.07) is 17.2. The molecule has 1 N–H and O–H groups in total. The average molecular weight is 348 g/mol. The molecule has 21 heavy (non-hydrogen) atoms. The molecule has 0 spiro atoms. The number of nitrogens with one attached hydrogen (secondary N) is 1. The Bertz CT molecular complexity index is 568. The predicted molar refractivity (Wildman–Crippen MR) is 91.7 cm³/mol. The summed E-state index contributed by atoms with van der Waals surface area (Å²) in [6.07, 6.45) is 0. The van der Waals surface area contributed by atoms with E-state index in [1.54, 1.807) is 0 Å². The molecule has 0 bridgehead atoms. The van der Waals surface area contributed by atoms with Gasteiger partial charge in [-0.25, -0.2) is 0 Å². The van der Waals surface area contributed by atoms with Crippen molar-refractivity contribution < 1.29 is 4.74 Å². The molecule has 0 heterocycles. The number of hydrogen-bond acceptors (Lipinski definition) is 2. The number of halogens is 1. The SMILES string of the molecule is CCOc1ccc(C(C)N[C@H](C)c2ccccc2Br)cc1. The second-order valence-electron chi connectivity index (χ2n) is 5.13. The molecular weight excluding hydrogens is 326 g/mol. The van der Waals surface area contributed by atoms with Crippen molar-refractivity contribution in [2.24, 2.45) is 0 Å². The van der Waals surface area contributed by atoms with Gasteiger partial charge in [-0.1, -0.05) is 46.3 Å². The van der Waals surface area contributed by atoms with Gasteiger partial charge in [-0.05, 0) is 50.1 Å². The number of hydrogen-bond donors (Lipinski definition) is 1. The van der Waals surface area contributed by atoms with Crippen LogP contribution < -0.4 is 10.1 Å². The molecule has 2 atom stereocenters. The minimum absolute atomic E-state index is 0.280. The van der Waals surface area contributed by atoms with Gasteiger partial charge in [0, 0.05) is 16.6 Å². The van der Waals surface area contributed by atoms with E-state index >= 15 is 0 Å². The van der Waals surface area contributed by atoms with Crippen LogP contribution in [0.2, 0.25) is 0 Å². The average Bonchev–Trinajstić information content (AvgIpc) is 2.48. The van der Waals surface area contributed by atoms with Crippen molar-refractivity contribution >= 4 is 15.9 Å². The van der Waals surface area contributed by atoms with E-state index in [9.17, 15) is 0 Å². The molecule has 2 nitrogen and oxygen atoms in total. The number of benzene rings is 2. The van der Waals surface area contributed by atoms with Crippen molar-refractivity contribution in [2.45, 2.75) is 32.9 Å². The van der Waals surface area contributed by atoms with Crippen molar-refractivity contribution in [2.75, 3.05) is 6.61 Å². The molecule has 0 aliphatic heterocycles. The fourth-order valence-electron chi connectivity index (χ4n) is 2.41. The van der Waals surface area contributed by atoms with E-state index in [4.69, 9.17) is 4.74 Å². The van der Waals surface area contributed by atoms with Gasteiger partial charge >= 0.3 is 0 Å². The molecule has 2 rings (SSSR count). The van der Waals surface area contributed by atoms with Crippen molar-refractivity contribution in [1.82, 2.24) is 5.32 Å². The van der Waals surface area contributed by atoms with E-state index in [2.05, 4.69) is 65.4 Å². The standard InChI is InChI=1S/C18H22BrNO/c1-4-21-16-11-9-15(10-12-16)13(2)20-14(3)17-7-5-6-8-18(17)19/h5-14,20H,4H2,1-3H3/t13?,14-/m1/s1. The van der Waals surface area contributed by atoms with Crippen molar-refractivity contribution in [1.29, 1.82) is 0 Å². The van der Waals surface area contributed by atoms with Crippen LogP contribution in [0.1, 0.15) is 44.0 Å². The van der Waals surface area contributed by atoms with Crippen LogP contribution in [0.25, 0.3) is 0 Å². The lowest BCUT2D eigenvalue weighted by Crippen LogP contribution is -2.22. The van der Waals surface area contributed by atoms with Crippen molar-refractivity contribution in [3.63, 3.8) is 0 Å². The van der Waals surface area contributed by atoms with Crippen LogP contribution in [0.15, 0.2) is 53.0 Å². The van der Waals surface area contributed by atoms with Gasteiger partial charge in [0.05, 0.1) is 6.61 Å². The van der Waals surface area contributed by atoms with Crippen LogP contribution in [-0.2, 0) is 0 Å². The van der Waals surface area contributed by atoms with E-state index in [1.807, 2.05) is 25.1 Å². The zero-order valence-electron chi connectivity index (χ0n) is 12.8. The summed E-state index contributed by atoms with van der Waals surface area (Å²) >= 11 is 3.61. The van der Waals surface area contributed by atoms with Gasteiger partial charge in [-0.3, -0.25) is 0 Å². The Morgan fingerprint density at radius 2 is 1.67 bits per heavy atom. The van der Waals surface area contributed by atoms with E-state index in [-0.39, 0.29) is 12.1 Å². The molecule has 0 radical (unpaired) electrons. The molecule has 0 aliphatic carbocycles. The minimum Gasteiger partial charge on any atom is -0.494 e. The molecule has 0 aliphatic rings. The highest BCUT2D eigenvalue weighted by Gasteiger charge is 2.13. The monoisotopic (exact) mass is 347 g/mol. The second kappa shape index (κ2) is 7.62. The summed E-state index contributed by atoms with van der Waals surface area (Å²) in [5, 5.41) is 3.63. The lowest BCUT2D eigenvalue weighted by molar-refractivity contribution is 0.340. The maximum atomic E-state index is 5.48. The van der Waals surface area contributed by atoms with Gasteiger partial charge in [0.15, 0.2) is 0 Å². The van der Waals surface area contributed by atoms with Crippen molar-refractivity contribution in [3.05, 3.63) is 64.1 Å². The van der Waals surface area contributed by atoms with Crippen LogP contribution >= 0.6 is 15.9 Å². The molecular formula is C18H22BrNO. The normalized spacial score (nSPS) is 13.7. The van der Waals surface area contributed by atoms with Gasteiger partial charge in [0.25, 0.3) is 0 Å². The Balaban J connectivity index is 2.03. The van der Waals surface area contributed by atoms with Gasteiger partial charge in [-0.15, -0.1) is 0 Å². The zero-order chi connectivity index (χ0) is 15.2. The van der Waals surface area contributed by atoms with E-state index < -0.39 is 0 Å². The first-order valence-electron chi connectivity index (χ1n) is 7.35. The third-order valence-corrected chi connectivity index (χ3v) is 4.29. The van der Waals surface area contributed by atoms with Gasteiger partial charge < -0.3 is 10.1 Å². The van der Waals surface area contributed by atoms with E-state index in [1.165, 1.54) is 11.1 Å². The molecule has 1 unspecified atom stereocenters. The highest BCUT2D eigenvalue weighted by molar-refractivity contribution is 9.10. The van der Waals surface area contributed by atoms with Crippen LogP contribution in [0.5, 0.6) is 5.75 Å². The summed E-state index contributed by atoms with van der Waals surface area (Å²) in [4.78, 5) is 0. The summed E-state index contributed by atoms with van der Waals surface area (Å²) in [5.74, 6) is 0.923. The molecule has 0 saturated carbocycles. The minimum atomic E-state index is 0.280. The number of rotatable bonds is 6. The van der Waals surface area contributed by atoms with Crippen LogP contribution in [-0.4, -0.2) is 6.61 Å². The first kappa shape index (κ1) is 16.1. The first-order chi connectivity index (χ1) is 10.1. The highest BCUT2D eigenvalue weighted by Crippen LogP contribution is 2.26. The first-order valence-corrected chi connectivity index (χ1v) is 8.14. The van der Waals surface area contributed by atoms with Crippen molar-refractivity contribution in [3.8, 4) is 5.75 Å². The van der Waals surface area contributed by atoms with Gasteiger partial charge in [-0.2, -0.15) is 0 Å². The topological polar surface area (TPSA) is 21.3 Å². The predicted octanol–water partition coefficient (Wildman–Crippen LogP) is 5.26. The Kier molecular flexibility index (Phi) is 5.83. The highest BCUT2D eigenvalue weighted by atomic mass is 79.9. The largest absolute Gasteiger partial charge is 0.494 e. The maximum Gasteiger partial charge on any atom is 0.119 e. The quantitative estimate of drug-likeness (QED) is 0.769. The molecule has 3 heteroatoms. The van der Waals surface area contributed by atoms with Gasteiger partial charge in [0.1, 0.15) is 5.75 Å². The van der Waals surface area contributed by atoms with E-state index in [0.29, 0.717) is 6.61 Å². The van der Waals surface area contributed by atoms with Crippen LogP contribution in [0.4, 0.5) is 0 Å². The fraction of sp³-hybridized carbons (Fsp3) is 0.333.